The predicted octanol–water partition coefficient (Wildman–Crippen LogP) is 4.45. The molecular weight excluding hydrogens is 402 g/mol. The van der Waals surface area contributed by atoms with Crippen molar-refractivity contribution in [2.75, 3.05) is 30.9 Å². The molecule has 32 heavy (non-hydrogen) atoms. The molecule has 0 spiro atoms. The van der Waals surface area contributed by atoms with Crippen LogP contribution in [0, 0.1) is 5.92 Å². The first-order valence-corrected chi connectivity index (χ1v) is 11.6. The number of anilines is 2. The van der Waals surface area contributed by atoms with Gasteiger partial charge in [-0.2, -0.15) is 0 Å². The van der Waals surface area contributed by atoms with E-state index in [1.807, 2.05) is 42.5 Å². The largest absolute Gasteiger partial charge is 0.497 e. The van der Waals surface area contributed by atoms with Gasteiger partial charge in [0.2, 0.25) is 11.8 Å². The first kappa shape index (κ1) is 22.3. The topological polar surface area (TPSA) is 61.9 Å². The molecule has 0 unspecified atom stereocenters. The van der Waals surface area contributed by atoms with Crippen LogP contribution in [0.25, 0.3) is 0 Å². The molecule has 1 saturated carbocycles. The summed E-state index contributed by atoms with van der Waals surface area (Å²) in [5, 5.41) is 3.11. The van der Waals surface area contributed by atoms with E-state index in [1.165, 1.54) is 32.1 Å². The van der Waals surface area contributed by atoms with Crippen molar-refractivity contribution >= 4 is 23.2 Å². The fourth-order valence-corrected chi connectivity index (χ4v) is 4.85. The summed E-state index contributed by atoms with van der Waals surface area (Å²) in [6.45, 7) is 1.18. The van der Waals surface area contributed by atoms with Crippen molar-refractivity contribution in [3.63, 3.8) is 0 Å². The highest BCUT2D eigenvalue weighted by molar-refractivity contribution is 6.03. The molecule has 2 fully saturated rings. The highest BCUT2D eigenvalue weighted by Crippen LogP contribution is 2.29. The number of amides is 2. The van der Waals surface area contributed by atoms with Gasteiger partial charge in [0.1, 0.15) is 5.75 Å². The van der Waals surface area contributed by atoms with Crippen molar-refractivity contribution in [3.8, 4) is 5.75 Å². The number of hydrogen-bond acceptors (Lipinski definition) is 4. The summed E-state index contributed by atoms with van der Waals surface area (Å²) in [5.74, 6) is 0.178. The quantitative estimate of drug-likeness (QED) is 0.698. The van der Waals surface area contributed by atoms with Gasteiger partial charge in [-0.25, -0.2) is 0 Å². The lowest BCUT2D eigenvalue weighted by Gasteiger charge is -2.31. The van der Waals surface area contributed by atoms with Gasteiger partial charge >= 0.3 is 0 Å². The number of carbonyl (C=O) groups excluding carboxylic acids is 2. The smallest absolute Gasteiger partial charge is 0.229 e. The van der Waals surface area contributed by atoms with Crippen molar-refractivity contribution in [1.82, 2.24) is 4.90 Å². The average Bonchev–Trinajstić information content (AvgIpc) is 3.22. The Kier molecular flexibility index (Phi) is 7.10. The zero-order chi connectivity index (χ0) is 22.5. The number of para-hydroxylation sites is 1. The van der Waals surface area contributed by atoms with Gasteiger partial charge in [-0.15, -0.1) is 0 Å². The summed E-state index contributed by atoms with van der Waals surface area (Å²) < 4.78 is 5.27. The van der Waals surface area contributed by atoms with Crippen LogP contribution in [0.1, 0.15) is 44.1 Å². The summed E-state index contributed by atoms with van der Waals surface area (Å²) >= 11 is 0. The molecule has 1 aliphatic heterocycles. The molecule has 2 aliphatic rings. The van der Waals surface area contributed by atoms with Crippen molar-refractivity contribution in [2.45, 2.75) is 51.1 Å². The summed E-state index contributed by atoms with van der Waals surface area (Å²) in [4.78, 5) is 29.8. The molecule has 0 radical (unpaired) electrons. The molecule has 2 amide bonds. The second kappa shape index (κ2) is 10.2. The number of benzene rings is 2. The van der Waals surface area contributed by atoms with Gasteiger partial charge in [0.05, 0.1) is 13.0 Å². The highest BCUT2D eigenvalue weighted by atomic mass is 16.5. The van der Waals surface area contributed by atoms with Crippen molar-refractivity contribution in [3.05, 3.63) is 54.1 Å². The van der Waals surface area contributed by atoms with Crippen LogP contribution < -0.4 is 15.0 Å². The monoisotopic (exact) mass is 435 g/mol. The van der Waals surface area contributed by atoms with Gasteiger partial charge in [0.25, 0.3) is 0 Å². The van der Waals surface area contributed by atoms with Gasteiger partial charge < -0.3 is 15.0 Å². The fraction of sp³-hybridized carbons (Fsp3) is 0.462. The summed E-state index contributed by atoms with van der Waals surface area (Å²) in [5.41, 5.74) is 2.72. The zero-order valence-electron chi connectivity index (χ0n) is 19.0. The molecule has 4 rings (SSSR count). The normalized spacial score (nSPS) is 19.4. The van der Waals surface area contributed by atoms with Crippen LogP contribution in [0.5, 0.6) is 5.75 Å². The van der Waals surface area contributed by atoms with Gasteiger partial charge in [-0.05, 0) is 43.7 Å². The van der Waals surface area contributed by atoms with Gasteiger partial charge in [0.15, 0.2) is 0 Å². The van der Waals surface area contributed by atoms with E-state index in [9.17, 15) is 9.59 Å². The van der Waals surface area contributed by atoms with Crippen LogP contribution in [0.3, 0.4) is 0 Å². The predicted molar refractivity (Wildman–Crippen MR) is 127 cm³/mol. The summed E-state index contributed by atoms with van der Waals surface area (Å²) in [6.07, 6.45) is 6.64. The average molecular weight is 436 g/mol. The van der Waals surface area contributed by atoms with E-state index >= 15 is 0 Å². The maximum absolute atomic E-state index is 13.1. The molecule has 1 N–H and O–H groups in total. The van der Waals surface area contributed by atoms with Crippen LogP contribution in [0.4, 0.5) is 11.4 Å². The van der Waals surface area contributed by atoms with Crippen LogP contribution >= 0.6 is 0 Å². The molecule has 6 nitrogen and oxygen atoms in total. The minimum atomic E-state index is -0.377. The lowest BCUT2D eigenvalue weighted by molar-refractivity contribution is -0.122. The van der Waals surface area contributed by atoms with Crippen LogP contribution in [-0.4, -0.2) is 43.5 Å². The molecule has 2 aromatic rings. The number of rotatable bonds is 7. The number of nitrogens with zero attached hydrogens (tertiary/aromatic N) is 2. The second-order valence-corrected chi connectivity index (χ2v) is 8.96. The number of ether oxygens (including phenoxy) is 1. The Morgan fingerprint density at radius 1 is 1.12 bits per heavy atom. The second-order valence-electron chi connectivity index (χ2n) is 8.96. The maximum Gasteiger partial charge on any atom is 0.229 e. The van der Waals surface area contributed by atoms with Gasteiger partial charge in [0, 0.05) is 43.0 Å². The van der Waals surface area contributed by atoms with Crippen molar-refractivity contribution in [1.29, 1.82) is 0 Å². The Hall–Kier alpha value is -2.86. The first-order chi connectivity index (χ1) is 15.5. The lowest BCUT2D eigenvalue weighted by atomic mass is 9.94. The van der Waals surface area contributed by atoms with Crippen molar-refractivity contribution in [2.24, 2.45) is 5.92 Å². The molecule has 1 aliphatic carbocycles. The van der Waals surface area contributed by atoms with E-state index < -0.39 is 0 Å². The van der Waals surface area contributed by atoms with Crippen molar-refractivity contribution < 1.29 is 14.3 Å². The van der Waals surface area contributed by atoms with E-state index in [0.717, 1.165) is 23.5 Å². The Balaban J connectivity index is 1.41. The Morgan fingerprint density at radius 2 is 1.91 bits per heavy atom. The highest BCUT2D eigenvalue weighted by Gasteiger charge is 2.35. The molecule has 1 heterocycles. The van der Waals surface area contributed by atoms with E-state index in [-0.39, 0.29) is 24.2 Å². The molecule has 1 saturated heterocycles. The molecular formula is C26H33N3O3. The summed E-state index contributed by atoms with van der Waals surface area (Å²) in [6, 6.07) is 16.0. The van der Waals surface area contributed by atoms with E-state index in [2.05, 4.69) is 23.3 Å². The third kappa shape index (κ3) is 5.13. The molecule has 2 aromatic carbocycles. The Morgan fingerprint density at radius 3 is 2.69 bits per heavy atom. The number of methoxy groups -OCH3 is 1. The van der Waals surface area contributed by atoms with Crippen LogP contribution in [0.2, 0.25) is 0 Å². The van der Waals surface area contributed by atoms with Gasteiger partial charge in [-0.3, -0.25) is 14.5 Å². The summed E-state index contributed by atoms with van der Waals surface area (Å²) in [7, 11) is 3.78. The number of nitrogens with one attached hydrogen (secondary N) is 1. The Bertz CT molecular complexity index is 955. The van der Waals surface area contributed by atoms with Gasteiger partial charge in [-0.1, -0.05) is 43.5 Å². The molecule has 6 heteroatoms. The SMILES string of the molecule is COc1cccc(N2C[C@@H](C(=O)Nc3ccccc3CN(C)C3CCCCC3)CC2=O)c1. The number of carbonyl (C=O) groups is 2. The third-order valence-electron chi connectivity index (χ3n) is 6.75. The van der Waals surface area contributed by atoms with Crippen LogP contribution in [0.15, 0.2) is 48.5 Å². The van der Waals surface area contributed by atoms with E-state index in [0.29, 0.717) is 18.3 Å². The molecule has 170 valence electrons. The molecule has 1 atom stereocenters. The molecule has 0 aromatic heterocycles. The lowest BCUT2D eigenvalue weighted by Crippen LogP contribution is -2.33. The minimum Gasteiger partial charge on any atom is -0.497 e. The van der Waals surface area contributed by atoms with E-state index in [4.69, 9.17) is 4.74 Å². The minimum absolute atomic E-state index is 0.0382. The van der Waals surface area contributed by atoms with E-state index in [1.54, 1.807) is 12.0 Å². The number of hydrogen-bond donors (Lipinski definition) is 1. The standard InChI is InChI=1S/C26H33N3O3/c1-28(21-10-4-3-5-11-21)17-19-9-6-7-14-24(19)27-26(31)20-15-25(30)29(18-20)22-12-8-13-23(16-22)32-2/h6-9,12-14,16,20-21H,3-5,10-11,15,17-18H2,1-2H3,(H,27,31)/t20-/m0/s1. The van der Waals surface area contributed by atoms with Crippen LogP contribution in [-0.2, 0) is 16.1 Å². The first-order valence-electron chi connectivity index (χ1n) is 11.6. The molecule has 0 bridgehead atoms. The maximum atomic E-state index is 13.1. The zero-order valence-corrected chi connectivity index (χ0v) is 19.0. The fourth-order valence-electron chi connectivity index (χ4n) is 4.85. The third-order valence-corrected chi connectivity index (χ3v) is 6.75. The Labute approximate surface area is 190 Å².